The summed E-state index contributed by atoms with van der Waals surface area (Å²) in [5.74, 6) is 0.00943. The number of hydrogen-bond donors (Lipinski definition) is 1. The highest BCUT2D eigenvalue weighted by atomic mass is 32.2. The first-order chi connectivity index (χ1) is 11.5. The van der Waals surface area contributed by atoms with Crippen LogP contribution in [0, 0.1) is 22.7 Å². The van der Waals surface area contributed by atoms with E-state index in [1.54, 1.807) is 29.0 Å². The van der Waals surface area contributed by atoms with Gasteiger partial charge in [0.2, 0.25) is 5.91 Å². The summed E-state index contributed by atoms with van der Waals surface area (Å²) in [6, 6.07) is 5.31. The van der Waals surface area contributed by atoms with Crippen LogP contribution in [0.4, 0.5) is 11.5 Å². The van der Waals surface area contributed by atoms with Gasteiger partial charge in [0, 0.05) is 19.8 Å². The molecule has 1 aliphatic rings. The standard InChI is InChI=1S/C15H13N7OS/c1-21-8-11(7-19-21)22-3-2-12(15(22)23)24-14-10(6-17)4-9(5-16)13(18)20-14/h4,7-8,12H,2-3H2,1H3,(H2,18,20). The van der Waals surface area contributed by atoms with Gasteiger partial charge in [-0.25, -0.2) is 4.98 Å². The molecule has 0 aliphatic carbocycles. The molecular formula is C15H13N7OS. The van der Waals surface area contributed by atoms with Crippen LogP contribution in [0.1, 0.15) is 17.5 Å². The van der Waals surface area contributed by atoms with Crippen molar-refractivity contribution in [3.63, 3.8) is 0 Å². The van der Waals surface area contributed by atoms with Gasteiger partial charge in [-0.05, 0) is 12.5 Å². The number of amides is 1. The van der Waals surface area contributed by atoms with Gasteiger partial charge in [-0.2, -0.15) is 15.6 Å². The van der Waals surface area contributed by atoms with Crippen molar-refractivity contribution >= 4 is 29.2 Å². The molecule has 3 heterocycles. The highest BCUT2D eigenvalue weighted by molar-refractivity contribution is 8.00. The first kappa shape index (κ1) is 15.8. The largest absolute Gasteiger partial charge is 0.383 e. The lowest BCUT2D eigenvalue weighted by Crippen LogP contribution is -2.27. The zero-order chi connectivity index (χ0) is 17.3. The van der Waals surface area contributed by atoms with Crippen molar-refractivity contribution in [1.82, 2.24) is 14.8 Å². The number of nitriles is 2. The summed E-state index contributed by atoms with van der Waals surface area (Å²) in [5, 5.41) is 22.3. The van der Waals surface area contributed by atoms with Gasteiger partial charge in [0.05, 0.1) is 28.3 Å². The van der Waals surface area contributed by atoms with Crippen LogP contribution in [0.25, 0.3) is 0 Å². The average Bonchev–Trinajstić information content (AvgIpc) is 3.14. The van der Waals surface area contributed by atoms with Gasteiger partial charge in [-0.3, -0.25) is 9.48 Å². The molecule has 1 unspecified atom stereocenters. The maximum absolute atomic E-state index is 12.6. The van der Waals surface area contributed by atoms with E-state index < -0.39 is 0 Å². The summed E-state index contributed by atoms with van der Waals surface area (Å²) < 4.78 is 1.64. The van der Waals surface area contributed by atoms with E-state index in [0.717, 1.165) is 5.69 Å². The smallest absolute Gasteiger partial charge is 0.240 e. The van der Waals surface area contributed by atoms with Gasteiger partial charge in [0.1, 0.15) is 23.0 Å². The predicted octanol–water partition coefficient (Wildman–Crippen LogP) is 1.04. The molecule has 0 bridgehead atoms. The molecule has 2 aromatic rings. The molecule has 0 spiro atoms. The molecule has 0 saturated carbocycles. The van der Waals surface area contributed by atoms with Gasteiger partial charge >= 0.3 is 0 Å². The van der Waals surface area contributed by atoms with Gasteiger partial charge in [0.25, 0.3) is 0 Å². The second kappa shape index (κ2) is 6.22. The lowest BCUT2D eigenvalue weighted by molar-refractivity contribution is -0.116. The molecule has 2 N–H and O–H groups in total. The number of nitrogen functional groups attached to an aromatic ring is 1. The number of nitrogens with zero attached hydrogens (tertiary/aromatic N) is 6. The van der Waals surface area contributed by atoms with E-state index >= 15 is 0 Å². The third-order valence-corrected chi connectivity index (χ3v) is 4.93. The van der Waals surface area contributed by atoms with Crippen LogP contribution in [0.2, 0.25) is 0 Å². The van der Waals surface area contributed by atoms with Crippen LogP contribution in [0.3, 0.4) is 0 Å². The summed E-state index contributed by atoms with van der Waals surface area (Å²) in [4.78, 5) is 18.4. The number of aryl methyl sites for hydroxylation is 1. The Morgan fingerprint density at radius 3 is 2.75 bits per heavy atom. The Morgan fingerprint density at radius 2 is 2.12 bits per heavy atom. The molecule has 1 saturated heterocycles. The fraction of sp³-hybridized carbons (Fsp3) is 0.267. The second-order valence-electron chi connectivity index (χ2n) is 5.25. The topological polar surface area (TPSA) is 125 Å². The number of carbonyl (C=O) groups is 1. The van der Waals surface area contributed by atoms with Gasteiger partial charge < -0.3 is 10.6 Å². The minimum Gasteiger partial charge on any atom is -0.383 e. The van der Waals surface area contributed by atoms with Crippen LogP contribution in [-0.4, -0.2) is 32.5 Å². The third-order valence-electron chi connectivity index (χ3n) is 3.67. The first-order valence-electron chi connectivity index (χ1n) is 7.11. The SMILES string of the molecule is Cn1cc(N2CCC(Sc3nc(N)c(C#N)cc3C#N)C2=O)cn1. The Labute approximate surface area is 142 Å². The van der Waals surface area contributed by atoms with E-state index in [2.05, 4.69) is 10.1 Å². The van der Waals surface area contributed by atoms with E-state index in [1.807, 2.05) is 12.1 Å². The maximum atomic E-state index is 12.6. The lowest BCUT2D eigenvalue weighted by Gasteiger charge is -2.14. The molecule has 1 fully saturated rings. The number of hydrogen-bond acceptors (Lipinski definition) is 7. The molecular weight excluding hydrogens is 326 g/mol. The maximum Gasteiger partial charge on any atom is 0.240 e. The Hall–Kier alpha value is -3.04. The Balaban J connectivity index is 1.83. The molecule has 9 heteroatoms. The summed E-state index contributed by atoms with van der Waals surface area (Å²) in [5.41, 5.74) is 6.88. The van der Waals surface area contributed by atoms with Crippen LogP contribution < -0.4 is 10.6 Å². The molecule has 0 aromatic carbocycles. The number of carbonyl (C=O) groups excluding carboxylic acids is 1. The molecule has 3 rings (SSSR count). The van der Waals surface area contributed by atoms with Crippen molar-refractivity contribution in [2.24, 2.45) is 7.05 Å². The minimum absolute atomic E-state index is 0.0541. The molecule has 24 heavy (non-hydrogen) atoms. The first-order valence-corrected chi connectivity index (χ1v) is 7.99. The molecule has 8 nitrogen and oxygen atoms in total. The van der Waals surface area contributed by atoms with Crippen LogP contribution in [-0.2, 0) is 11.8 Å². The number of anilines is 2. The fourth-order valence-corrected chi connectivity index (χ4v) is 3.57. The lowest BCUT2D eigenvalue weighted by atomic mass is 10.2. The number of aromatic nitrogens is 3. The molecule has 0 radical (unpaired) electrons. The summed E-state index contributed by atoms with van der Waals surface area (Å²) in [6.07, 6.45) is 4.05. The Bertz CT molecular complexity index is 892. The van der Waals surface area contributed by atoms with Gasteiger partial charge in [-0.15, -0.1) is 0 Å². The van der Waals surface area contributed by atoms with E-state index in [4.69, 9.17) is 11.0 Å². The Morgan fingerprint density at radius 1 is 1.38 bits per heavy atom. The summed E-state index contributed by atoms with van der Waals surface area (Å²) >= 11 is 1.21. The molecule has 1 amide bonds. The molecule has 2 aromatic heterocycles. The van der Waals surface area contributed by atoms with Crippen LogP contribution in [0.5, 0.6) is 0 Å². The number of rotatable bonds is 3. The van der Waals surface area contributed by atoms with Gasteiger partial charge in [-0.1, -0.05) is 11.8 Å². The quantitative estimate of drug-likeness (QED) is 0.885. The third kappa shape index (κ3) is 2.77. The van der Waals surface area contributed by atoms with Crippen LogP contribution >= 0.6 is 11.8 Å². The zero-order valence-electron chi connectivity index (χ0n) is 12.8. The summed E-state index contributed by atoms with van der Waals surface area (Å²) in [7, 11) is 1.79. The normalized spacial score (nSPS) is 16.9. The highest BCUT2D eigenvalue weighted by Gasteiger charge is 2.34. The van der Waals surface area contributed by atoms with Crippen molar-refractivity contribution in [2.75, 3.05) is 17.2 Å². The fourth-order valence-electron chi connectivity index (χ4n) is 2.47. The predicted molar refractivity (Wildman–Crippen MR) is 87.9 cm³/mol. The van der Waals surface area contributed by atoms with Crippen molar-refractivity contribution in [1.29, 1.82) is 10.5 Å². The van der Waals surface area contributed by atoms with E-state index in [-0.39, 0.29) is 28.1 Å². The highest BCUT2D eigenvalue weighted by Crippen LogP contribution is 2.34. The molecule has 1 atom stereocenters. The van der Waals surface area contributed by atoms with Crippen molar-refractivity contribution in [3.05, 3.63) is 29.6 Å². The van der Waals surface area contributed by atoms with Crippen molar-refractivity contribution in [2.45, 2.75) is 16.7 Å². The second-order valence-corrected chi connectivity index (χ2v) is 6.45. The molecule has 1 aliphatic heterocycles. The monoisotopic (exact) mass is 339 g/mol. The van der Waals surface area contributed by atoms with E-state index in [0.29, 0.717) is 18.0 Å². The molecule has 120 valence electrons. The minimum atomic E-state index is -0.350. The Kier molecular flexibility index (Phi) is 4.11. The average molecular weight is 339 g/mol. The van der Waals surface area contributed by atoms with Crippen molar-refractivity contribution in [3.8, 4) is 12.1 Å². The number of pyridine rings is 1. The van der Waals surface area contributed by atoms with Gasteiger partial charge in [0.15, 0.2) is 0 Å². The van der Waals surface area contributed by atoms with Crippen molar-refractivity contribution < 1.29 is 4.79 Å². The number of nitrogens with two attached hydrogens (primary N) is 1. The zero-order valence-corrected chi connectivity index (χ0v) is 13.6. The van der Waals surface area contributed by atoms with E-state index in [9.17, 15) is 10.1 Å². The summed E-state index contributed by atoms with van der Waals surface area (Å²) in [6.45, 7) is 0.579. The van der Waals surface area contributed by atoms with Crippen LogP contribution in [0.15, 0.2) is 23.5 Å². The number of thioether (sulfide) groups is 1. The van der Waals surface area contributed by atoms with E-state index in [1.165, 1.54) is 17.8 Å².